The van der Waals surface area contributed by atoms with E-state index < -0.39 is 0 Å². The van der Waals surface area contributed by atoms with E-state index in [9.17, 15) is 0 Å². The molecule has 0 aliphatic carbocycles. The van der Waals surface area contributed by atoms with Gasteiger partial charge < -0.3 is 9.55 Å². The van der Waals surface area contributed by atoms with E-state index in [2.05, 4.69) is 39.4 Å². The number of aromatic nitrogens is 2. The Morgan fingerprint density at radius 1 is 1.21 bits per heavy atom. The normalized spacial score (nSPS) is 10.8. The van der Waals surface area contributed by atoms with E-state index in [0.717, 1.165) is 17.0 Å². The second kappa shape index (κ2) is 5.15. The highest BCUT2D eigenvalue weighted by Crippen LogP contribution is 2.22. The number of imidazole rings is 1. The van der Waals surface area contributed by atoms with Gasteiger partial charge in [-0.25, -0.2) is 0 Å². The Kier molecular flexibility index (Phi) is 3.36. The maximum atomic E-state index is 5.40. The second-order valence-corrected chi connectivity index (χ2v) is 5.64. The molecule has 0 aliphatic heterocycles. The zero-order valence-electron chi connectivity index (χ0n) is 10.6. The molecule has 2 heterocycles. The fourth-order valence-electron chi connectivity index (χ4n) is 2.12. The van der Waals surface area contributed by atoms with Gasteiger partial charge in [-0.15, -0.1) is 0 Å². The number of aryl methyl sites for hydroxylation is 1. The average molecular weight is 286 g/mol. The van der Waals surface area contributed by atoms with Crippen LogP contribution in [0.2, 0.25) is 0 Å². The molecule has 4 heteroatoms. The molecule has 0 aliphatic rings. The van der Waals surface area contributed by atoms with Crippen LogP contribution in [0.15, 0.2) is 47.3 Å². The summed E-state index contributed by atoms with van der Waals surface area (Å²) in [5.41, 5.74) is 4.98. The first kappa shape index (κ1) is 12.4. The molecule has 96 valence electrons. The number of rotatable bonds is 3. The molecule has 0 spiro atoms. The van der Waals surface area contributed by atoms with E-state index in [4.69, 9.17) is 12.2 Å². The van der Waals surface area contributed by atoms with Crippen molar-refractivity contribution >= 4 is 23.6 Å². The Hall–Kier alpha value is -1.65. The van der Waals surface area contributed by atoms with Crippen molar-refractivity contribution in [3.05, 3.63) is 63.2 Å². The van der Waals surface area contributed by atoms with Crippen molar-refractivity contribution in [2.24, 2.45) is 0 Å². The van der Waals surface area contributed by atoms with Crippen LogP contribution in [0.25, 0.3) is 11.3 Å². The number of benzene rings is 1. The lowest BCUT2D eigenvalue weighted by atomic mass is 10.1. The topological polar surface area (TPSA) is 20.7 Å². The molecule has 0 amide bonds. The van der Waals surface area contributed by atoms with Crippen molar-refractivity contribution in [3.63, 3.8) is 0 Å². The molecule has 3 rings (SSSR count). The summed E-state index contributed by atoms with van der Waals surface area (Å²) in [5, 5.41) is 4.37. The van der Waals surface area contributed by atoms with Gasteiger partial charge >= 0.3 is 0 Å². The fourth-order valence-corrected chi connectivity index (χ4v) is 3.19. The Morgan fingerprint density at radius 2 is 2.00 bits per heavy atom. The molecule has 0 radical (unpaired) electrons. The van der Waals surface area contributed by atoms with Crippen LogP contribution < -0.4 is 0 Å². The summed E-state index contributed by atoms with van der Waals surface area (Å²) in [6.45, 7) is 2.96. The predicted octanol–water partition coefficient (Wildman–Crippen LogP) is 4.63. The van der Waals surface area contributed by atoms with Crippen LogP contribution in [-0.2, 0) is 6.54 Å². The summed E-state index contributed by atoms with van der Waals surface area (Å²) in [6.07, 6.45) is 1.99. The number of H-pyrrole nitrogens is 1. The molecule has 2 nitrogen and oxygen atoms in total. The molecule has 1 N–H and O–H groups in total. The fraction of sp³-hybridized carbons (Fsp3) is 0.133. The maximum Gasteiger partial charge on any atom is 0.177 e. The molecule has 0 saturated heterocycles. The number of nitrogens with zero attached hydrogens (tertiary/aromatic N) is 1. The van der Waals surface area contributed by atoms with Crippen LogP contribution >= 0.6 is 23.6 Å². The van der Waals surface area contributed by atoms with Gasteiger partial charge in [0.1, 0.15) is 0 Å². The lowest BCUT2D eigenvalue weighted by molar-refractivity contribution is 0.790. The molecule has 2 aromatic heterocycles. The summed E-state index contributed by atoms with van der Waals surface area (Å²) in [5.74, 6) is 0. The predicted molar refractivity (Wildman–Crippen MR) is 83.2 cm³/mol. The first-order chi connectivity index (χ1) is 9.25. The van der Waals surface area contributed by atoms with Crippen molar-refractivity contribution in [2.45, 2.75) is 13.5 Å². The largest absolute Gasteiger partial charge is 0.337 e. The third kappa shape index (κ3) is 2.41. The Labute approximate surface area is 121 Å². The second-order valence-electron chi connectivity index (χ2n) is 4.51. The van der Waals surface area contributed by atoms with Crippen LogP contribution in [0.3, 0.4) is 0 Å². The molecule has 3 aromatic rings. The van der Waals surface area contributed by atoms with Gasteiger partial charge in [0.05, 0.1) is 12.2 Å². The van der Waals surface area contributed by atoms with Gasteiger partial charge in [0.2, 0.25) is 0 Å². The Balaban J connectivity index is 2.05. The third-order valence-electron chi connectivity index (χ3n) is 3.23. The average Bonchev–Trinajstić information content (AvgIpc) is 2.99. The van der Waals surface area contributed by atoms with Crippen LogP contribution in [0.5, 0.6) is 0 Å². The summed E-state index contributed by atoms with van der Waals surface area (Å²) in [6, 6.07) is 10.3. The van der Waals surface area contributed by atoms with E-state index >= 15 is 0 Å². The molecule has 19 heavy (non-hydrogen) atoms. The molecular weight excluding hydrogens is 272 g/mol. The number of hydrogen-bond acceptors (Lipinski definition) is 2. The minimum absolute atomic E-state index is 0.768. The summed E-state index contributed by atoms with van der Waals surface area (Å²) < 4.78 is 2.92. The zero-order chi connectivity index (χ0) is 13.2. The smallest absolute Gasteiger partial charge is 0.177 e. The minimum atomic E-state index is 0.768. The van der Waals surface area contributed by atoms with Gasteiger partial charge in [-0.3, -0.25) is 0 Å². The molecular formula is C15H14N2S2. The van der Waals surface area contributed by atoms with Crippen LogP contribution in [0, 0.1) is 11.7 Å². The Morgan fingerprint density at radius 3 is 2.68 bits per heavy atom. The molecule has 0 atom stereocenters. The molecule has 1 aromatic carbocycles. The molecule has 0 saturated carbocycles. The third-order valence-corrected chi connectivity index (χ3v) is 4.48. The SMILES string of the molecule is Cc1cscc1Cn1c(-c2ccccc2)c[nH]c1=S. The zero-order valence-corrected chi connectivity index (χ0v) is 12.2. The number of aromatic amines is 1. The van der Waals surface area contributed by atoms with Gasteiger partial charge in [0.25, 0.3) is 0 Å². The van der Waals surface area contributed by atoms with Crippen LogP contribution in [-0.4, -0.2) is 9.55 Å². The first-order valence-electron chi connectivity index (χ1n) is 6.11. The van der Waals surface area contributed by atoms with Crippen molar-refractivity contribution in [3.8, 4) is 11.3 Å². The van der Waals surface area contributed by atoms with E-state index in [1.807, 2.05) is 24.4 Å². The quantitative estimate of drug-likeness (QED) is 0.696. The van der Waals surface area contributed by atoms with Crippen LogP contribution in [0.4, 0.5) is 0 Å². The van der Waals surface area contributed by atoms with Crippen molar-refractivity contribution in [2.75, 3.05) is 0 Å². The highest BCUT2D eigenvalue weighted by Gasteiger charge is 2.08. The first-order valence-corrected chi connectivity index (χ1v) is 7.46. The van der Waals surface area contributed by atoms with Gasteiger partial charge in [-0.1, -0.05) is 30.3 Å². The van der Waals surface area contributed by atoms with Gasteiger partial charge in [-0.2, -0.15) is 11.3 Å². The Bertz CT molecular complexity index is 735. The van der Waals surface area contributed by atoms with E-state index in [0.29, 0.717) is 0 Å². The molecule has 0 bridgehead atoms. The summed E-state index contributed by atoms with van der Waals surface area (Å²) >= 11 is 7.14. The van der Waals surface area contributed by atoms with E-state index in [-0.39, 0.29) is 0 Å². The van der Waals surface area contributed by atoms with Crippen molar-refractivity contribution in [1.82, 2.24) is 9.55 Å². The summed E-state index contributed by atoms with van der Waals surface area (Å²) in [7, 11) is 0. The van der Waals surface area contributed by atoms with E-state index in [1.54, 1.807) is 11.3 Å². The summed E-state index contributed by atoms with van der Waals surface area (Å²) in [4.78, 5) is 3.15. The monoisotopic (exact) mass is 286 g/mol. The van der Waals surface area contributed by atoms with Crippen molar-refractivity contribution < 1.29 is 0 Å². The maximum absolute atomic E-state index is 5.40. The van der Waals surface area contributed by atoms with Gasteiger partial charge in [0.15, 0.2) is 4.77 Å². The number of thiophene rings is 1. The minimum Gasteiger partial charge on any atom is -0.337 e. The van der Waals surface area contributed by atoms with Gasteiger partial charge in [-0.05, 0) is 46.6 Å². The number of nitrogens with one attached hydrogen (secondary N) is 1. The standard InChI is InChI=1S/C15H14N2S2/c1-11-9-19-10-13(11)8-17-14(7-16-15(17)18)12-5-3-2-4-6-12/h2-7,9-10H,8H2,1H3,(H,16,18). The van der Waals surface area contributed by atoms with Crippen LogP contribution in [0.1, 0.15) is 11.1 Å². The highest BCUT2D eigenvalue weighted by molar-refractivity contribution is 7.71. The lowest BCUT2D eigenvalue weighted by Gasteiger charge is -2.08. The molecule has 0 unspecified atom stereocenters. The van der Waals surface area contributed by atoms with E-state index in [1.165, 1.54) is 16.7 Å². The number of hydrogen-bond donors (Lipinski definition) is 1. The van der Waals surface area contributed by atoms with Gasteiger partial charge in [0, 0.05) is 6.20 Å². The lowest BCUT2D eigenvalue weighted by Crippen LogP contribution is -2.02. The molecule has 0 fully saturated rings. The van der Waals surface area contributed by atoms with Crippen molar-refractivity contribution in [1.29, 1.82) is 0 Å². The highest BCUT2D eigenvalue weighted by atomic mass is 32.1.